The van der Waals surface area contributed by atoms with Crippen LogP contribution in [0.2, 0.25) is 0 Å². The van der Waals surface area contributed by atoms with Crippen LogP contribution in [0.25, 0.3) is 0 Å². The molecular formula is C20H18N2O3. The second-order valence-corrected chi connectivity index (χ2v) is 5.73. The fourth-order valence-electron chi connectivity index (χ4n) is 2.47. The van der Waals surface area contributed by atoms with Gasteiger partial charge in [-0.2, -0.15) is 0 Å². The number of benzene rings is 3. The maximum absolute atomic E-state index is 11.3. The Labute approximate surface area is 145 Å². The van der Waals surface area contributed by atoms with Crippen LogP contribution in [0.4, 0.5) is 11.4 Å². The lowest BCUT2D eigenvalue weighted by Gasteiger charge is -2.10. The summed E-state index contributed by atoms with van der Waals surface area (Å²) in [7, 11) is 0. The standard InChI is InChI=1S/C20H18N2O3/c21-15-5-1-13(2-6-15)11-14-3-8-17(9-4-14)25-19-12-16(22)7-10-18(19)20(23)24/h1-10,12H,11,21-22H2,(H,23,24). The van der Waals surface area contributed by atoms with Crippen molar-refractivity contribution < 1.29 is 14.6 Å². The van der Waals surface area contributed by atoms with Gasteiger partial charge < -0.3 is 21.3 Å². The van der Waals surface area contributed by atoms with Crippen LogP contribution in [0, 0.1) is 0 Å². The normalized spacial score (nSPS) is 10.4. The Kier molecular flexibility index (Phi) is 4.57. The van der Waals surface area contributed by atoms with E-state index in [0.29, 0.717) is 11.4 Å². The first kappa shape index (κ1) is 16.4. The lowest BCUT2D eigenvalue weighted by atomic mass is 10.0. The summed E-state index contributed by atoms with van der Waals surface area (Å²) in [5, 5.41) is 9.23. The van der Waals surface area contributed by atoms with Crippen LogP contribution in [-0.2, 0) is 6.42 Å². The SMILES string of the molecule is Nc1ccc(Cc2ccc(Oc3cc(N)ccc3C(=O)O)cc2)cc1. The average Bonchev–Trinajstić information content (AvgIpc) is 2.58. The van der Waals surface area contributed by atoms with Gasteiger partial charge in [-0.1, -0.05) is 24.3 Å². The lowest BCUT2D eigenvalue weighted by molar-refractivity contribution is 0.0694. The summed E-state index contributed by atoms with van der Waals surface area (Å²) in [4.78, 5) is 11.3. The first-order valence-electron chi connectivity index (χ1n) is 7.75. The quantitative estimate of drug-likeness (QED) is 0.614. The number of rotatable bonds is 5. The van der Waals surface area contributed by atoms with Gasteiger partial charge in [0.05, 0.1) is 0 Å². The number of ether oxygens (including phenoxy) is 1. The highest BCUT2D eigenvalue weighted by atomic mass is 16.5. The number of nitrogens with two attached hydrogens (primary N) is 2. The van der Waals surface area contributed by atoms with Crippen molar-refractivity contribution in [2.45, 2.75) is 6.42 Å². The van der Waals surface area contributed by atoms with E-state index in [9.17, 15) is 9.90 Å². The highest BCUT2D eigenvalue weighted by molar-refractivity contribution is 5.91. The molecule has 5 nitrogen and oxygen atoms in total. The Morgan fingerprint density at radius 3 is 2.00 bits per heavy atom. The van der Waals surface area contributed by atoms with E-state index in [4.69, 9.17) is 16.2 Å². The second-order valence-electron chi connectivity index (χ2n) is 5.73. The predicted octanol–water partition coefficient (Wildman–Crippen LogP) is 3.93. The Morgan fingerprint density at radius 1 is 0.840 bits per heavy atom. The van der Waals surface area contributed by atoms with E-state index < -0.39 is 5.97 Å². The first-order valence-corrected chi connectivity index (χ1v) is 7.75. The topological polar surface area (TPSA) is 98.6 Å². The lowest BCUT2D eigenvalue weighted by Crippen LogP contribution is -2.01. The molecule has 0 radical (unpaired) electrons. The predicted molar refractivity (Wildman–Crippen MR) is 98.0 cm³/mol. The summed E-state index contributed by atoms with van der Waals surface area (Å²) in [6.07, 6.45) is 0.777. The summed E-state index contributed by atoms with van der Waals surface area (Å²) in [6.45, 7) is 0. The van der Waals surface area contributed by atoms with Crippen LogP contribution in [0.3, 0.4) is 0 Å². The van der Waals surface area contributed by atoms with Gasteiger partial charge in [0.2, 0.25) is 0 Å². The molecule has 25 heavy (non-hydrogen) atoms. The maximum Gasteiger partial charge on any atom is 0.339 e. The van der Waals surface area contributed by atoms with E-state index in [0.717, 1.165) is 23.2 Å². The van der Waals surface area contributed by atoms with Gasteiger partial charge in [-0.3, -0.25) is 0 Å². The molecule has 5 N–H and O–H groups in total. The van der Waals surface area contributed by atoms with Gasteiger partial charge in [-0.25, -0.2) is 4.79 Å². The highest BCUT2D eigenvalue weighted by Crippen LogP contribution is 2.28. The zero-order valence-electron chi connectivity index (χ0n) is 13.5. The molecule has 0 aliphatic heterocycles. The van der Waals surface area contributed by atoms with Gasteiger partial charge in [-0.15, -0.1) is 0 Å². The highest BCUT2D eigenvalue weighted by Gasteiger charge is 2.12. The van der Waals surface area contributed by atoms with Crippen molar-refractivity contribution >= 4 is 17.3 Å². The summed E-state index contributed by atoms with van der Waals surface area (Å²) < 4.78 is 5.70. The number of hydrogen-bond acceptors (Lipinski definition) is 4. The molecule has 0 heterocycles. The van der Waals surface area contributed by atoms with E-state index >= 15 is 0 Å². The molecule has 0 bridgehead atoms. The Bertz CT molecular complexity index is 888. The third-order valence-electron chi connectivity index (χ3n) is 3.78. The minimum absolute atomic E-state index is 0.0696. The molecule has 3 rings (SSSR count). The molecule has 0 saturated heterocycles. The fraction of sp³-hybridized carbons (Fsp3) is 0.0500. The van der Waals surface area contributed by atoms with E-state index in [1.54, 1.807) is 12.1 Å². The van der Waals surface area contributed by atoms with E-state index in [2.05, 4.69) is 0 Å². The average molecular weight is 334 g/mol. The van der Waals surface area contributed by atoms with Crippen LogP contribution < -0.4 is 16.2 Å². The third-order valence-corrected chi connectivity index (χ3v) is 3.78. The van der Waals surface area contributed by atoms with Crippen molar-refractivity contribution in [3.8, 4) is 11.5 Å². The second kappa shape index (κ2) is 6.97. The smallest absolute Gasteiger partial charge is 0.339 e. The van der Waals surface area contributed by atoms with Crippen molar-refractivity contribution in [2.75, 3.05) is 11.5 Å². The van der Waals surface area contributed by atoms with Crippen LogP contribution in [0.1, 0.15) is 21.5 Å². The molecule has 0 fully saturated rings. The van der Waals surface area contributed by atoms with Gasteiger partial charge in [0.15, 0.2) is 0 Å². The summed E-state index contributed by atoms with van der Waals surface area (Å²) in [6, 6.07) is 19.7. The number of carboxylic acids is 1. The minimum atomic E-state index is -1.06. The van der Waals surface area contributed by atoms with Crippen LogP contribution in [-0.4, -0.2) is 11.1 Å². The van der Waals surface area contributed by atoms with Gasteiger partial charge in [0, 0.05) is 17.4 Å². The summed E-state index contributed by atoms with van der Waals surface area (Å²) in [5.74, 6) is -0.289. The monoisotopic (exact) mass is 334 g/mol. The molecule has 0 saturated carbocycles. The minimum Gasteiger partial charge on any atom is -0.478 e. The number of anilines is 2. The van der Waals surface area contributed by atoms with Crippen LogP contribution in [0.5, 0.6) is 11.5 Å². The van der Waals surface area contributed by atoms with E-state index in [-0.39, 0.29) is 11.3 Å². The first-order chi connectivity index (χ1) is 12.0. The van der Waals surface area contributed by atoms with Crippen molar-refractivity contribution in [2.24, 2.45) is 0 Å². The zero-order chi connectivity index (χ0) is 17.8. The van der Waals surface area contributed by atoms with Crippen molar-refractivity contribution in [1.82, 2.24) is 0 Å². The molecule has 0 spiro atoms. The molecule has 0 atom stereocenters. The summed E-state index contributed by atoms with van der Waals surface area (Å²) in [5.41, 5.74) is 14.9. The van der Waals surface area contributed by atoms with Crippen molar-refractivity contribution in [3.05, 3.63) is 83.4 Å². The van der Waals surface area contributed by atoms with Crippen LogP contribution in [0.15, 0.2) is 66.7 Å². The summed E-state index contributed by atoms with van der Waals surface area (Å²) >= 11 is 0. The molecule has 0 aliphatic carbocycles. The zero-order valence-corrected chi connectivity index (χ0v) is 13.5. The van der Waals surface area contributed by atoms with Crippen LogP contribution >= 0.6 is 0 Å². The van der Waals surface area contributed by atoms with E-state index in [1.807, 2.05) is 36.4 Å². The number of carbonyl (C=O) groups is 1. The van der Waals surface area contributed by atoms with Crippen molar-refractivity contribution in [3.63, 3.8) is 0 Å². The van der Waals surface area contributed by atoms with Gasteiger partial charge >= 0.3 is 5.97 Å². The van der Waals surface area contributed by atoms with Gasteiger partial charge in [0.25, 0.3) is 0 Å². The largest absolute Gasteiger partial charge is 0.478 e. The molecule has 0 amide bonds. The fourth-order valence-corrected chi connectivity index (χ4v) is 2.47. The molecule has 126 valence electrons. The van der Waals surface area contributed by atoms with Crippen molar-refractivity contribution in [1.29, 1.82) is 0 Å². The number of carboxylic acid groups (broad SMARTS) is 1. The molecule has 0 aromatic heterocycles. The molecule has 0 aliphatic rings. The maximum atomic E-state index is 11.3. The van der Waals surface area contributed by atoms with Gasteiger partial charge in [-0.05, 0) is 53.9 Å². The Hall–Kier alpha value is -3.47. The Balaban J connectivity index is 1.76. The van der Waals surface area contributed by atoms with E-state index in [1.165, 1.54) is 18.2 Å². The van der Waals surface area contributed by atoms with Gasteiger partial charge in [0.1, 0.15) is 17.1 Å². The number of hydrogen-bond donors (Lipinski definition) is 3. The number of aromatic carboxylic acids is 1. The molecule has 0 unspecified atom stereocenters. The third kappa shape index (κ3) is 4.09. The molecule has 3 aromatic carbocycles. The molecule has 3 aromatic rings. The molecular weight excluding hydrogens is 316 g/mol. The molecule has 5 heteroatoms. The number of nitrogen functional groups attached to an aromatic ring is 2. The Morgan fingerprint density at radius 2 is 1.40 bits per heavy atom.